The molecule has 0 radical (unpaired) electrons. The fraction of sp³-hybridized carbons (Fsp3) is 0.659. The molecule has 1 heterocycles. The molecule has 3 saturated carbocycles. The standard InChI is InChI=1S/C41H63BN4O6/c1-23-32-17-28(41(32,6)7)18-33(23)44-39(50)36-35(24(2)48)34(22-47)52-46(36)20-25-12-11-13-31(37(25)51-10)26-14-27(16-29(42)15-26)38(49)43-30(21-45(8)9)19-40(3,4)5/h11-16,23-24,28,30,32-36,47-48H,17-22,42H2,1-10H3,(H,43,49)(H,44,50)/t23-,24-,28+,30-,32-,33-,34-,35+,36-/m0/s1. The van der Waals surface area contributed by atoms with Crippen molar-refractivity contribution in [2.45, 2.75) is 105 Å². The molecule has 2 aromatic carbocycles. The van der Waals surface area contributed by atoms with Crippen molar-refractivity contribution in [2.24, 2.45) is 34.5 Å². The van der Waals surface area contributed by atoms with E-state index >= 15 is 0 Å². The van der Waals surface area contributed by atoms with Crippen molar-refractivity contribution in [3.63, 3.8) is 0 Å². The predicted octanol–water partition coefficient (Wildman–Crippen LogP) is 3.38. The number of rotatable bonds is 13. The zero-order valence-electron chi connectivity index (χ0n) is 33.3. The molecule has 4 aliphatic rings. The van der Waals surface area contributed by atoms with Gasteiger partial charge >= 0.3 is 0 Å². The number of hydrogen-bond donors (Lipinski definition) is 4. The van der Waals surface area contributed by atoms with Gasteiger partial charge in [-0.3, -0.25) is 14.4 Å². The molecule has 4 N–H and O–H groups in total. The van der Waals surface area contributed by atoms with Crippen LogP contribution in [0, 0.1) is 34.5 Å². The molecule has 0 unspecified atom stereocenters. The zero-order chi connectivity index (χ0) is 38.3. The number of ether oxygens (including phenoxy) is 1. The molecule has 1 aliphatic heterocycles. The normalized spacial score (nSPS) is 28.2. The lowest BCUT2D eigenvalue weighted by Gasteiger charge is -2.62. The van der Waals surface area contributed by atoms with Crippen LogP contribution in [0.5, 0.6) is 5.75 Å². The van der Waals surface area contributed by atoms with E-state index in [9.17, 15) is 19.8 Å². The van der Waals surface area contributed by atoms with Gasteiger partial charge in [0.15, 0.2) is 0 Å². The summed E-state index contributed by atoms with van der Waals surface area (Å²) in [4.78, 5) is 36.3. The Labute approximate surface area is 312 Å². The predicted molar refractivity (Wildman–Crippen MR) is 208 cm³/mol. The average molecular weight is 719 g/mol. The van der Waals surface area contributed by atoms with Crippen LogP contribution in [0.4, 0.5) is 0 Å². The molecule has 286 valence electrons. The highest BCUT2D eigenvalue weighted by Gasteiger charge is 2.57. The number of fused-ring (bicyclic) bond motifs is 2. The highest BCUT2D eigenvalue weighted by atomic mass is 16.7. The molecule has 0 spiro atoms. The minimum atomic E-state index is -0.889. The van der Waals surface area contributed by atoms with Gasteiger partial charge in [0.2, 0.25) is 5.91 Å². The lowest BCUT2D eigenvalue weighted by atomic mass is 9.45. The molecule has 52 heavy (non-hydrogen) atoms. The van der Waals surface area contributed by atoms with Crippen LogP contribution in [0.15, 0.2) is 36.4 Å². The number of aliphatic hydroxyl groups excluding tert-OH is 2. The molecule has 11 heteroatoms. The van der Waals surface area contributed by atoms with Crippen LogP contribution in [-0.2, 0) is 16.2 Å². The molecule has 2 bridgehead atoms. The van der Waals surface area contributed by atoms with Crippen molar-refractivity contribution >= 4 is 25.1 Å². The number of nitrogens with zero attached hydrogens (tertiary/aromatic N) is 2. The van der Waals surface area contributed by atoms with Gasteiger partial charge in [-0.15, -0.1) is 0 Å². The van der Waals surface area contributed by atoms with Crippen LogP contribution in [-0.4, -0.2) is 105 Å². The SMILES string of the molecule is Bc1cc(C(=O)N[C@H](CN(C)C)CC(C)(C)C)cc(-c2cccc(CN3O[C@@H](CO)[C@@H]([C@H](C)O)[C@H]3C(=O)N[C@H]3C[C@H]4C[C@@H]([C@@H]3C)C4(C)C)c2OC)c1. The van der Waals surface area contributed by atoms with E-state index in [-0.39, 0.29) is 47.9 Å². The van der Waals surface area contributed by atoms with Gasteiger partial charge in [0.1, 0.15) is 25.7 Å². The van der Waals surface area contributed by atoms with Crippen LogP contribution in [0.25, 0.3) is 11.1 Å². The van der Waals surface area contributed by atoms with E-state index < -0.39 is 24.2 Å². The van der Waals surface area contributed by atoms with E-state index in [4.69, 9.17) is 9.57 Å². The summed E-state index contributed by atoms with van der Waals surface area (Å²) in [7, 11) is 7.63. The van der Waals surface area contributed by atoms with E-state index in [1.54, 1.807) is 19.1 Å². The molecule has 1 saturated heterocycles. The Bertz CT molecular complexity index is 1590. The van der Waals surface area contributed by atoms with Crippen LogP contribution >= 0.6 is 0 Å². The summed E-state index contributed by atoms with van der Waals surface area (Å²) in [6.45, 7) is 15.7. The minimum Gasteiger partial charge on any atom is -0.496 e. The number of hydrogen-bond acceptors (Lipinski definition) is 8. The first-order valence-corrected chi connectivity index (χ1v) is 19.1. The molecule has 0 aromatic heterocycles. The molecule has 2 aromatic rings. The van der Waals surface area contributed by atoms with Gasteiger partial charge in [0, 0.05) is 41.2 Å². The maximum atomic E-state index is 14.2. The van der Waals surface area contributed by atoms with Gasteiger partial charge in [0.05, 0.1) is 26.4 Å². The Morgan fingerprint density at radius 1 is 1.17 bits per heavy atom. The zero-order valence-corrected chi connectivity index (χ0v) is 33.3. The number of carbonyl (C=O) groups is 2. The van der Waals surface area contributed by atoms with Crippen molar-refractivity contribution in [1.29, 1.82) is 0 Å². The molecule has 4 fully saturated rings. The fourth-order valence-corrected chi connectivity index (χ4v) is 9.51. The second-order valence-electron chi connectivity index (χ2n) is 18.0. The Morgan fingerprint density at radius 3 is 2.46 bits per heavy atom. The number of methoxy groups -OCH3 is 1. The van der Waals surface area contributed by atoms with Crippen molar-refractivity contribution in [3.8, 4) is 16.9 Å². The van der Waals surface area contributed by atoms with E-state index in [0.717, 1.165) is 41.5 Å². The third-order valence-corrected chi connectivity index (χ3v) is 12.1. The van der Waals surface area contributed by atoms with Crippen LogP contribution in [0.1, 0.15) is 83.7 Å². The van der Waals surface area contributed by atoms with Gasteiger partial charge in [-0.1, -0.05) is 77.3 Å². The monoisotopic (exact) mass is 718 g/mol. The first-order chi connectivity index (χ1) is 24.3. The highest BCUT2D eigenvalue weighted by Crippen LogP contribution is 2.61. The highest BCUT2D eigenvalue weighted by molar-refractivity contribution is 6.33. The van der Waals surface area contributed by atoms with Crippen LogP contribution in [0.2, 0.25) is 0 Å². The first kappa shape index (κ1) is 40.2. The summed E-state index contributed by atoms with van der Waals surface area (Å²) in [6.07, 6.45) is 1.36. The summed E-state index contributed by atoms with van der Waals surface area (Å²) in [5, 5.41) is 29.5. The second kappa shape index (κ2) is 15.8. The fourth-order valence-electron chi connectivity index (χ4n) is 9.51. The van der Waals surface area contributed by atoms with Crippen molar-refractivity contribution < 1.29 is 29.4 Å². The molecular formula is C41H63BN4O6. The molecule has 9 atom stereocenters. The third kappa shape index (κ3) is 8.54. The van der Waals surface area contributed by atoms with Gasteiger partial charge in [-0.2, -0.15) is 5.06 Å². The molecule has 10 nitrogen and oxygen atoms in total. The Hall–Kier alpha value is -2.96. The summed E-state index contributed by atoms with van der Waals surface area (Å²) >= 11 is 0. The molecule has 6 rings (SSSR count). The van der Waals surface area contributed by atoms with Gasteiger partial charge in [-0.25, -0.2) is 0 Å². The summed E-state index contributed by atoms with van der Waals surface area (Å²) in [5.74, 6) is 1.14. The number of amides is 2. The number of benzene rings is 2. The topological polar surface area (TPSA) is 124 Å². The van der Waals surface area contributed by atoms with Crippen molar-refractivity contribution in [2.75, 3.05) is 34.4 Å². The van der Waals surface area contributed by atoms with Gasteiger partial charge in [0.25, 0.3) is 5.91 Å². The summed E-state index contributed by atoms with van der Waals surface area (Å²) in [5.41, 5.74) is 4.28. The number of nitrogens with one attached hydrogen (secondary N) is 2. The maximum Gasteiger partial charge on any atom is 0.251 e. The number of likely N-dealkylation sites (N-methyl/N-ethyl adjacent to an activating group) is 1. The summed E-state index contributed by atoms with van der Waals surface area (Å²) < 4.78 is 6.05. The number of aliphatic hydroxyl groups is 2. The van der Waals surface area contributed by atoms with E-state index in [0.29, 0.717) is 29.1 Å². The van der Waals surface area contributed by atoms with Gasteiger partial charge < -0.3 is 30.5 Å². The quantitative estimate of drug-likeness (QED) is 0.233. The number of para-hydroxylation sites is 1. The minimum absolute atomic E-state index is 0.0120. The smallest absolute Gasteiger partial charge is 0.251 e. The van der Waals surface area contributed by atoms with E-state index in [2.05, 4.69) is 57.1 Å². The maximum absolute atomic E-state index is 14.2. The van der Waals surface area contributed by atoms with Gasteiger partial charge in [-0.05, 0) is 80.5 Å². The average Bonchev–Trinajstić information content (AvgIpc) is 3.42. The largest absolute Gasteiger partial charge is 0.496 e. The Balaban J connectivity index is 1.41. The van der Waals surface area contributed by atoms with Crippen LogP contribution < -0.4 is 20.8 Å². The molecule has 3 aliphatic carbocycles. The van der Waals surface area contributed by atoms with E-state index in [1.165, 1.54) is 6.42 Å². The molecule has 2 amide bonds. The number of hydroxylamine groups is 2. The van der Waals surface area contributed by atoms with E-state index in [1.807, 2.05) is 58.3 Å². The summed E-state index contributed by atoms with van der Waals surface area (Å²) in [6, 6.07) is 10.9. The lowest BCUT2D eigenvalue weighted by molar-refractivity contribution is -0.183. The number of carbonyl (C=O) groups excluding carboxylic acids is 2. The van der Waals surface area contributed by atoms with Crippen LogP contribution in [0.3, 0.4) is 0 Å². The van der Waals surface area contributed by atoms with Crippen molar-refractivity contribution in [3.05, 3.63) is 47.5 Å². The Morgan fingerprint density at radius 2 is 1.88 bits per heavy atom. The first-order valence-electron chi connectivity index (χ1n) is 19.1. The Kier molecular flexibility index (Phi) is 12.2. The lowest BCUT2D eigenvalue weighted by Crippen LogP contribution is -2.62. The van der Waals surface area contributed by atoms with Crippen molar-refractivity contribution in [1.82, 2.24) is 20.6 Å². The second-order valence-corrected chi connectivity index (χ2v) is 18.0. The third-order valence-electron chi connectivity index (χ3n) is 12.1. The molecular weight excluding hydrogens is 655 g/mol.